The van der Waals surface area contributed by atoms with Gasteiger partial charge in [0, 0.05) is 11.2 Å². The van der Waals surface area contributed by atoms with Gasteiger partial charge in [-0.1, -0.05) is 6.07 Å². The summed E-state index contributed by atoms with van der Waals surface area (Å²) in [5.41, 5.74) is 2.77. The third kappa shape index (κ3) is 3.52. The maximum Gasteiger partial charge on any atom is 0.266 e. The minimum absolute atomic E-state index is 0. The average molecular weight is 407 g/mol. The van der Waals surface area contributed by atoms with Gasteiger partial charge in [-0.2, -0.15) is 0 Å². The minimum atomic E-state index is -0.321. The van der Waals surface area contributed by atoms with Crippen LogP contribution in [-0.4, -0.2) is 19.6 Å². The molecule has 2 heterocycles. The van der Waals surface area contributed by atoms with Gasteiger partial charge in [-0.25, -0.2) is 4.39 Å². The van der Waals surface area contributed by atoms with Crippen LogP contribution in [0.2, 0.25) is 0 Å². The summed E-state index contributed by atoms with van der Waals surface area (Å²) < 4.78 is 21.0. The van der Waals surface area contributed by atoms with Gasteiger partial charge in [0.1, 0.15) is 11.6 Å². The first-order valence-corrected chi connectivity index (χ1v) is 9.29. The van der Waals surface area contributed by atoms with Crippen molar-refractivity contribution in [2.75, 3.05) is 19.0 Å². The molecule has 4 nitrogen and oxygen atoms in total. The summed E-state index contributed by atoms with van der Waals surface area (Å²) in [6, 6.07) is 9.25. The van der Waals surface area contributed by atoms with Crippen LogP contribution in [0.25, 0.3) is 10.1 Å². The van der Waals surface area contributed by atoms with Crippen LogP contribution < -0.4 is 15.4 Å². The largest absolute Gasteiger partial charge is 0.497 e. The van der Waals surface area contributed by atoms with Crippen LogP contribution in [0.1, 0.15) is 26.4 Å². The van der Waals surface area contributed by atoms with Crippen LogP contribution in [-0.2, 0) is 13.0 Å². The number of anilines is 1. The van der Waals surface area contributed by atoms with Crippen molar-refractivity contribution in [3.8, 4) is 5.75 Å². The Bertz CT molecular complexity index is 1020. The first kappa shape index (κ1) is 19.6. The molecule has 142 valence electrons. The van der Waals surface area contributed by atoms with Crippen molar-refractivity contribution in [3.63, 3.8) is 0 Å². The number of methoxy groups -OCH3 is 1. The Morgan fingerprint density at radius 1 is 1.30 bits per heavy atom. The number of carbonyl (C=O) groups excluding carboxylic acids is 1. The molecule has 1 aliphatic heterocycles. The summed E-state index contributed by atoms with van der Waals surface area (Å²) >= 11 is 1.41. The van der Waals surface area contributed by atoms with Gasteiger partial charge >= 0.3 is 0 Å². The summed E-state index contributed by atoms with van der Waals surface area (Å²) in [5, 5.41) is 6.96. The molecule has 0 radical (unpaired) electrons. The smallest absolute Gasteiger partial charge is 0.266 e. The normalized spacial score (nSPS) is 13.0. The lowest BCUT2D eigenvalue weighted by atomic mass is 9.99. The molecule has 27 heavy (non-hydrogen) atoms. The number of hydrogen-bond donors (Lipinski definition) is 2. The Morgan fingerprint density at radius 3 is 2.89 bits per heavy atom. The first-order valence-electron chi connectivity index (χ1n) is 8.48. The zero-order chi connectivity index (χ0) is 18.3. The molecule has 0 atom stereocenters. The Hall–Kier alpha value is -2.15. The molecule has 0 bridgehead atoms. The number of rotatable bonds is 3. The Labute approximate surface area is 167 Å². The second-order valence-corrected chi connectivity index (χ2v) is 7.42. The van der Waals surface area contributed by atoms with Gasteiger partial charge in [-0.05, 0) is 66.2 Å². The standard InChI is InChI=1S/C20H19FN2O2S.ClH/c1-11-15-9-13(25-2)4-6-17(15)26-19(11)20(24)23-16-5-3-12-10-22-8-7-14(12)18(16)21;/h3-6,9,22H,7-8,10H2,1-2H3,(H,23,24);1H. The molecular formula is C20H20ClFN2O2S. The van der Waals surface area contributed by atoms with Crippen molar-refractivity contribution in [2.45, 2.75) is 19.9 Å². The molecule has 1 amide bonds. The van der Waals surface area contributed by atoms with E-state index in [1.165, 1.54) is 11.3 Å². The summed E-state index contributed by atoms with van der Waals surface area (Å²) in [7, 11) is 1.62. The van der Waals surface area contributed by atoms with E-state index in [1.807, 2.05) is 31.2 Å². The van der Waals surface area contributed by atoms with Crippen LogP contribution in [0.15, 0.2) is 30.3 Å². The predicted molar refractivity (Wildman–Crippen MR) is 110 cm³/mol. The van der Waals surface area contributed by atoms with E-state index in [2.05, 4.69) is 10.6 Å². The molecule has 1 aromatic heterocycles. The Kier molecular flexibility index (Phi) is 5.69. The van der Waals surface area contributed by atoms with E-state index in [1.54, 1.807) is 13.2 Å². The van der Waals surface area contributed by atoms with Gasteiger partial charge in [0.25, 0.3) is 5.91 Å². The molecule has 7 heteroatoms. The van der Waals surface area contributed by atoms with Gasteiger partial charge in [0.05, 0.1) is 17.7 Å². The lowest BCUT2D eigenvalue weighted by molar-refractivity contribution is 0.102. The van der Waals surface area contributed by atoms with E-state index < -0.39 is 0 Å². The highest BCUT2D eigenvalue weighted by molar-refractivity contribution is 7.21. The highest BCUT2D eigenvalue weighted by Gasteiger charge is 2.20. The van der Waals surface area contributed by atoms with Gasteiger partial charge in [0.15, 0.2) is 0 Å². The van der Waals surface area contributed by atoms with E-state index in [-0.39, 0.29) is 29.8 Å². The van der Waals surface area contributed by atoms with Crippen molar-refractivity contribution in [1.82, 2.24) is 5.32 Å². The molecule has 2 N–H and O–H groups in total. The average Bonchev–Trinajstić information content (AvgIpc) is 3.00. The summed E-state index contributed by atoms with van der Waals surface area (Å²) in [5.74, 6) is 0.146. The number of amides is 1. The van der Waals surface area contributed by atoms with Crippen LogP contribution in [0.5, 0.6) is 5.75 Å². The van der Waals surface area contributed by atoms with E-state index >= 15 is 0 Å². The van der Waals surface area contributed by atoms with Crippen molar-refractivity contribution in [2.24, 2.45) is 0 Å². The molecule has 0 spiro atoms. The first-order chi connectivity index (χ1) is 12.6. The van der Waals surface area contributed by atoms with E-state index in [9.17, 15) is 9.18 Å². The third-order valence-corrected chi connectivity index (χ3v) is 6.08. The number of fused-ring (bicyclic) bond motifs is 2. The number of carbonyl (C=O) groups is 1. The fourth-order valence-electron chi connectivity index (χ4n) is 3.35. The zero-order valence-electron chi connectivity index (χ0n) is 15.0. The molecule has 4 rings (SSSR count). The third-order valence-electron chi connectivity index (χ3n) is 4.81. The van der Waals surface area contributed by atoms with E-state index in [4.69, 9.17) is 4.74 Å². The maximum atomic E-state index is 14.8. The quantitative estimate of drug-likeness (QED) is 0.664. The van der Waals surface area contributed by atoms with Crippen molar-refractivity contribution in [1.29, 1.82) is 0 Å². The second kappa shape index (κ2) is 7.84. The lowest BCUT2D eigenvalue weighted by Crippen LogP contribution is -2.25. The molecule has 0 saturated carbocycles. The molecule has 0 aliphatic carbocycles. The Balaban J connectivity index is 0.00000210. The van der Waals surface area contributed by atoms with Crippen LogP contribution in [0.4, 0.5) is 10.1 Å². The number of benzene rings is 2. The fraction of sp³-hybridized carbons (Fsp3) is 0.250. The molecular weight excluding hydrogens is 387 g/mol. The number of aryl methyl sites for hydroxylation is 1. The topological polar surface area (TPSA) is 50.4 Å². The number of ether oxygens (including phenoxy) is 1. The van der Waals surface area contributed by atoms with Gasteiger partial charge in [0.2, 0.25) is 0 Å². The zero-order valence-corrected chi connectivity index (χ0v) is 16.7. The number of hydrogen-bond acceptors (Lipinski definition) is 4. The highest BCUT2D eigenvalue weighted by Crippen LogP contribution is 2.34. The molecule has 0 saturated heterocycles. The van der Waals surface area contributed by atoms with Crippen LogP contribution in [0, 0.1) is 12.7 Å². The van der Waals surface area contributed by atoms with Crippen molar-refractivity contribution >= 4 is 45.4 Å². The fourth-order valence-corrected chi connectivity index (χ4v) is 4.44. The summed E-state index contributed by atoms with van der Waals surface area (Å²) in [4.78, 5) is 13.4. The lowest BCUT2D eigenvalue weighted by Gasteiger charge is -2.19. The number of nitrogens with one attached hydrogen (secondary N) is 2. The van der Waals surface area contributed by atoms with Gasteiger partial charge in [-0.15, -0.1) is 23.7 Å². The van der Waals surface area contributed by atoms with Crippen molar-refractivity contribution < 1.29 is 13.9 Å². The molecule has 1 aliphatic rings. The van der Waals surface area contributed by atoms with Crippen LogP contribution >= 0.6 is 23.7 Å². The predicted octanol–water partition coefficient (Wildman–Crippen LogP) is 4.68. The molecule has 0 unspecified atom stereocenters. The number of halogens is 2. The maximum absolute atomic E-state index is 14.8. The summed E-state index contributed by atoms with van der Waals surface area (Å²) in [6.45, 7) is 3.32. The van der Waals surface area contributed by atoms with Crippen LogP contribution in [0.3, 0.4) is 0 Å². The second-order valence-electron chi connectivity index (χ2n) is 6.36. The van der Waals surface area contributed by atoms with E-state index in [0.29, 0.717) is 23.4 Å². The van der Waals surface area contributed by atoms with Gasteiger partial charge in [-0.3, -0.25) is 4.79 Å². The SMILES string of the molecule is COc1ccc2sc(C(=O)Nc3ccc4c(c3F)CCNC4)c(C)c2c1.Cl. The molecule has 0 fully saturated rings. The van der Waals surface area contributed by atoms with E-state index in [0.717, 1.165) is 33.5 Å². The Morgan fingerprint density at radius 2 is 2.11 bits per heavy atom. The molecule has 2 aromatic carbocycles. The monoisotopic (exact) mass is 406 g/mol. The minimum Gasteiger partial charge on any atom is -0.497 e. The van der Waals surface area contributed by atoms with Gasteiger partial charge < -0.3 is 15.4 Å². The highest BCUT2D eigenvalue weighted by atomic mass is 35.5. The van der Waals surface area contributed by atoms with Crippen molar-refractivity contribution in [3.05, 3.63) is 57.7 Å². The molecule has 3 aromatic rings. The summed E-state index contributed by atoms with van der Waals surface area (Å²) in [6.07, 6.45) is 0.632. The number of thiophene rings is 1.